The fraction of sp³-hybridized carbons (Fsp3) is 0.333. The van der Waals surface area contributed by atoms with Crippen molar-refractivity contribution in [2.24, 2.45) is 0 Å². The average Bonchev–Trinajstić information content (AvgIpc) is 2.93. The summed E-state index contributed by atoms with van der Waals surface area (Å²) in [6.07, 6.45) is 2.02. The Balaban J connectivity index is 2.03. The number of anilines is 1. The lowest BCUT2D eigenvalue weighted by molar-refractivity contribution is -0.140. The first-order chi connectivity index (χ1) is 18.7. The van der Waals surface area contributed by atoms with E-state index in [4.69, 9.17) is 0 Å². The fourth-order valence-corrected chi connectivity index (χ4v) is 5.79. The lowest BCUT2D eigenvalue weighted by Gasteiger charge is -2.33. The number of nitrogens with zero attached hydrogens (tertiary/aromatic N) is 2. The molecule has 0 saturated heterocycles. The highest BCUT2D eigenvalue weighted by atomic mass is 32.2. The van der Waals surface area contributed by atoms with Crippen molar-refractivity contribution in [3.05, 3.63) is 95.8 Å². The number of hydrogen-bond donors (Lipinski definition) is 1. The first-order valence-corrected chi connectivity index (χ1v) is 14.6. The lowest BCUT2D eigenvalue weighted by Crippen LogP contribution is -2.52. The Morgan fingerprint density at radius 1 is 0.923 bits per heavy atom. The molecule has 0 aromatic heterocycles. The second kappa shape index (κ2) is 13.9. The third-order valence-electron chi connectivity index (χ3n) is 6.48. The van der Waals surface area contributed by atoms with Crippen LogP contribution in [0.3, 0.4) is 0 Å². The van der Waals surface area contributed by atoms with Gasteiger partial charge in [0.15, 0.2) is 0 Å². The van der Waals surface area contributed by atoms with E-state index in [2.05, 4.69) is 5.32 Å². The number of nitrogens with one attached hydrogen (secondary N) is 1. The van der Waals surface area contributed by atoms with Gasteiger partial charge in [-0.15, -0.1) is 0 Å². The molecule has 1 atom stereocenters. The average molecular weight is 554 g/mol. The minimum Gasteiger partial charge on any atom is -0.354 e. The highest BCUT2D eigenvalue weighted by molar-refractivity contribution is 7.92. The molecule has 1 N–H and O–H groups in total. The van der Waals surface area contributed by atoms with Gasteiger partial charge in [-0.25, -0.2) is 12.8 Å². The Bertz CT molecular complexity index is 1350. The molecule has 7 nitrogen and oxygen atoms in total. The number of sulfonamides is 1. The van der Waals surface area contributed by atoms with Crippen LogP contribution in [0.4, 0.5) is 10.1 Å². The van der Waals surface area contributed by atoms with E-state index < -0.39 is 34.3 Å². The van der Waals surface area contributed by atoms with Gasteiger partial charge in [0, 0.05) is 13.1 Å². The lowest BCUT2D eigenvalue weighted by atomic mass is 10.1. The highest BCUT2D eigenvalue weighted by Gasteiger charge is 2.34. The number of benzene rings is 3. The summed E-state index contributed by atoms with van der Waals surface area (Å²) in [5, 5.41) is 2.89. The van der Waals surface area contributed by atoms with Crippen LogP contribution in [0.15, 0.2) is 83.8 Å². The van der Waals surface area contributed by atoms with Gasteiger partial charge in [0.25, 0.3) is 10.0 Å². The summed E-state index contributed by atoms with van der Waals surface area (Å²) in [6, 6.07) is 19.7. The van der Waals surface area contributed by atoms with Gasteiger partial charge in [-0.2, -0.15) is 0 Å². The molecule has 39 heavy (non-hydrogen) atoms. The maximum atomic E-state index is 14.0. The van der Waals surface area contributed by atoms with E-state index in [-0.39, 0.29) is 17.3 Å². The molecule has 0 saturated carbocycles. The van der Waals surface area contributed by atoms with E-state index in [0.29, 0.717) is 29.8 Å². The van der Waals surface area contributed by atoms with Crippen LogP contribution in [0.5, 0.6) is 0 Å². The van der Waals surface area contributed by atoms with Gasteiger partial charge < -0.3 is 10.2 Å². The number of unbranched alkanes of at least 4 members (excludes halogenated alkanes) is 1. The molecule has 3 rings (SSSR count). The molecular weight excluding hydrogens is 517 g/mol. The highest BCUT2D eigenvalue weighted by Crippen LogP contribution is 2.27. The van der Waals surface area contributed by atoms with Crippen LogP contribution in [0.1, 0.15) is 44.2 Å². The van der Waals surface area contributed by atoms with Crippen molar-refractivity contribution < 1.29 is 22.4 Å². The Kier molecular flexibility index (Phi) is 10.6. The second-order valence-electron chi connectivity index (χ2n) is 9.33. The molecule has 0 fully saturated rings. The van der Waals surface area contributed by atoms with Gasteiger partial charge >= 0.3 is 0 Å². The Hall–Kier alpha value is -3.72. The van der Waals surface area contributed by atoms with Crippen LogP contribution in [0.2, 0.25) is 0 Å². The van der Waals surface area contributed by atoms with Crippen LogP contribution < -0.4 is 9.62 Å². The molecule has 9 heteroatoms. The van der Waals surface area contributed by atoms with Crippen molar-refractivity contribution in [1.29, 1.82) is 0 Å². The Morgan fingerprint density at radius 3 is 2.18 bits per heavy atom. The molecule has 3 aromatic rings. The largest absolute Gasteiger partial charge is 0.354 e. The molecule has 0 bridgehead atoms. The quantitative estimate of drug-likeness (QED) is 0.300. The molecule has 0 aliphatic carbocycles. The van der Waals surface area contributed by atoms with Crippen molar-refractivity contribution in [2.75, 3.05) is 17.4 Å². The van der Waals surface area contributed by atoms with Crippen LogP contribution in [0.25, 0.3) is 0 Å². The van der Waals surface area contributed by atoms with E-state index in [1.54, 1.807) is 68.4 Å². The van der Waals surface area contributed by atoms with E-state index in [1.807, 2.05) is 6.92 Å². The third kappa shape index (κ3) is 7.66. The molecule has 0 heterocycles. The van der Waals surface area contributed by atoms with Crippen LogP contribution >= 0.6 is 0 Å². The molecule has 0 unspecified atom stereocenters. The monoisotopic (exact) mass is 553 g/mol. The number of amides is 2. The van der Waals surface area contributed by atoms with Crippen LogP contribution in [0, 0.1) is 12.7 Å². The maximum absolute atomic E-state index is 14.0. The van der Waals surface area contributed by atoms with Gasteiger partial charge in [-0.1, -0.05) is 68.8 Å². The second-order valence-corrected chi connectivity index (χ2v) is 11.2. The molecule has 3 aromatic carbocycles. The SMILES string of the molecule is CCCCNC(=O)[C@H](CC)N(Cc1ccc(F)cc1)C(=O)CN(c1ccccc1C)S(=O)(=O)c1ccccc1. The summed E-state index contributed by atoms with van der Waals surface area (Å²) in [4.78, 5) is 28.6. The molecule has 0 aliphatic heterocycles. The molecule has 208 valence electrons. The maximum Gasteiger partial charge on any atom is 0.264 e. The third-order valence-corrected chi connectivity index (χ3v) is 8.25. The van der Waals surface area contributed by atoms with Gasteiger partial charge in [0.1, 0.15) is 18.4 Å². The van der Waals surface area contributed by atoms with Gasteiger partial charge in [-0.3, -0.25) is 13.9 Å². The summed E-state index contributed by atoms with van der Waals surface area (Å²) < 4.78 is 42.3. The predicted octanol–water partition coefficient (Wildman–Crippen LogP) is 5.05. The van der Waals surface area contributed by atoms with Crippen molar-refractivity contribution >= 4 is 27.5 Å². The molecule has 0 radical (unpaired) electrons. The van der Waals surface area contributed by atoms with Gasteiger partial charge in [0.2, 0.25) is 11.8 Å². The Labute approximate surface area is 230 Å². The zero-order valence-electron chi connectivity index (χ0n) is 22.6. The van der Waals surface area contributed by atoms with E-state index in [9.17, 15) is 22.4 Å². The first kappa shape index (κ1) is 29.8. The summed E-state index contributed by atoms with van der Waals surface area (Å²) in [7, 11) is -4.12. The number of rotatable bonds is 13. The molecule has 0 aliphatic rings. The number of carbonyl (C=O) groups excluding carboxylic acids is 2. The zero-order chi connectivity index (χ0) is 28.4. The summed E-state index contributed by atoms with van der Waals surface area (Å²) in [5.74, 6) is -1.27. The topological polar surface area (TPSA) is 86.8 Å². The van der Waals surface area contributed by atoms with Crippen LogP contribution in [-0.4, -0.2) is 44.3 Å². The summed E-state index contributed by atoms with van der Waals surface area (Å²) >= 11 is 0. The predicted molar refractivity (Wildman–Crippen MR) is 151 cm³/mol. The number of aryl methyl sites for hydroxylation is 1. The van der Waals surface area contributed by atoms with Crippen molar-refractivity contribution in [3.8, 4) is 0 Å². The van der Waals surface area contributed by atoms with Gasteiger partial charge in [0.05, 0.1) is 10.6 Å². The van der Waals surface area contributed by atoms with E-state index in [0.717, 1.165) is 17.1 Å². The molecule has 2 amide bonds. The first-order valence-electron chi connectivity index (χ1n) is 13.1. The molecular formula is C30H36FN3O4S. The normalized spacial score (nSPS) is 12.0. The Morgan fingerprint density at radius 2 is 1.56 bits per heavy atom. The standard InChI is InChI=1S/C30H36FN3O4S/c1-4-6-20-32-30(36)27(5-2)33(21-24-16-18-25(31)19-17-24)29(35)22-34(28-15-11-10-12-23(28)3)39(37,38)26-13-8-7-9-14-26/h7-19,27H,4-6,20-22H2,1-3H3,(H,32,36)/t27-/m0/s1. The smallest absolute Gasteiger partial charge is 0.264 e. The fourth-order valence-electron chi connectivity index (χ4n) is 4.29. The van der Waals surface area contributed by atoms with Crippen molar-refractivity contribution in [2.45, 2.75) is 57.5 Å². The van der Waals surface area contributed by atoms with E-state index in [1.165, 1.54) is 29.2 Å². The summed E-state index contributed by atoms with van der Waals surface area (Å²) in [5.41, 5.74) is 1.68. The minimum absolute atomic E-state index is 0.0197. The van der Waals surface area contributed by atoms with Crippen molar-refractivity contribution in [3.63, 3.8) is 0 Å². The number of hydrogen-bond acceptors (Lipinski definition) is 4. The van der Waals surface area contributed by atoms with Crippen molar-refractivity contribution in [1.82, 2.24) is 10.2 Å². The minimum atomic E-state index is -4.12. The zero-order valence-corrected chi connectivity index (χ0v) is 23.5. The summed E-state index contributed by atoms with van der Waals surface area (Å²) in [6.45, 7) is 5.57. The number of carbonyl (C=O) groups is 2. The van der Waals surface area contributed by atoms with Gasteiger partial charge in [-0.05, 0) is 61.2 Å². The molecule has 0 spiro atoms. The number of halogens is 1. The number of para-hydroxylation sites is 1. The van der Waals surface area contributed by atoms with Crippen LogP contribution in [-0.2, 0) is 26.2 Å². The van der Waals surface area contributed by atoms with E-state index >= 15 is 0 Å².